The van der Waals surface area contributed by atoms with Crippen LogP contribution in [0.1, 0.15) is 46.0 Å². The molecule has 2 aliphatic carbocycles. The molecule has 2 aliphatic heterocycles. The van der Waals surface area contributed by atoms with Crippen LogP contribution < -0.4 is 0 Å². The van der Waals surface area contributed by atoms with Gasteiger partial charge in [-0.1, -0.05) is 13.0 Å². The van der Waals surface area contributed by atoms with Gasteiger partial charge in [-0.15, -0.1) is 0 Å². The standard InChI is InChI=1S/C18H27NO3/c1-11-10-18-14-5-3-7-19(18)8-4-6-15(18)16(21)9-13(14)17(11)22-12(2)20/h5,11,13,15-17,21H,3-4,6-10H2,1-2H3/t11-,13+,15+,16+,17+,18-/m1/s1. The predicted molar refractivity (Wildman–Crippen MR) is 83.2 cm³/mol. The van der Waals surface area contributed by atoms with Crippen molar-refractivity contribution in [3.63, 3.8) is 0 Å². The van der Waals surface area contributed by atoms with Gasteiger partial charge in [0.2, 0.25) is 0 Å². The van der Waals surface area contributed by atoms with Gasteiger partial charge >= 0.3 is 5.97 Å². The van der Waals surface area contributed by atoms with Crippen LogP contribution in [0.4, 0.5) is 0 Å². The third-order valence-corrected chi connectivity index (χ3v) is 6.64. The van der Waals surface area contributed by atoms with Gasteiger partial charge in [0.1, 0.15) is 6.10 Å². The summed E-state index contributed by atoms with van der Waals surface area (Å²) in [6.07, 6.45) is 7.30. The van der Waals surface area contributed by atoms with Crippen LogP contribution in [0, 0.1) is 17.8 Å². The monoisotopic (exact) mass is 305 g/mol. The molecule has 6 atom stereocenters. The number of piperidine rings is 1. The van der Waals surface area contributed by atoms with E-state index in [0.29, 0.717) is 11.8 Å². The van der Waals surface area contributed by atoms with Crippen LogP contribution in [0.15, 0.2) is 11.6 Å². The van der Waals surface area contributed by atoms with Crippen LogP contribution in [0.3, 0.4) is 0 Å². The largest absolute Gasteiger partial charge is 0.462 e. The summed E-state index contributed by atoms with van der Waals surface area (Å²) in [6, 6.07) is 0. The number of rotatable bonds is 1. The minimum absolute atomic E-state index is 0.0505. The molecule has 3 fully saturated rings. The zero-order valence-corrected chi connectivity index (χ0v) is 13.6. The summed E-state index contributed by atoms with van der Waals surface area (Å²) in [4.78, 5) is 14.2. The fourth-order valence-corrected chi connectivity index (χ4v) is 6.07. The van der Waals surface area contributed by atoms with E-state index < -0.39 is 0 Å². The van der Waals surface area contributed by atoms with Gasteiger partial charge in [-0.05, 0) is 50.1 Å². The van der Waals surface area contributed by atoms with Crippen LogP contribution in [-0.2, 0) is 9.53 Å². The van der Waals surface area contributed by atoms with Gasteiger partial charge in [-0.3, -0.25) is 9.69 Å². The molecule has 2 bridgehead atoms. The average molecular weight is 305 g/mol. The summed E-state index contributed by atoms with van der Waals surface area (Å²) in [5, 5.41) is 10.8. The first-order valence-corrected chi connectivity index (χ1v) is 8.85. The molecule has 0 aromatic heterocycles. The SMILES string of the molecule is CC(=O)O[C@H]1[C@H](C)C[C@]23C4=CCCN2CCC[C@H]3[C@@H](O)C[C@@H]41. The average Bonchev–Trinajstić information content (AvgIpc) is 2.47. The first kappa shape index (κ1) is 14.7. The van der Waals surface area contributed by atoms with E-state index >= 15 is 0 Å². The first-order valence-electron chi connectivity index (χ1n) is 8.85. The molecule has 0 aromatic carbocycles. The van der Waals surface area contributed by atoms with Gasteiger partial charge in [0.25, 0.3) is 0 Å². The molecule has 122 valence electrons. The third-order valence-electron chi connectivity index (χ3n) is 6.64. The van der Waals surface area contributed by atoms with E-state index in [1.54, 1.807) is 0 Å². The van der Waals surface area contributed by atoms with Crippen molar-refractivity contribution >= 4 is 5.97 Å². The van der Waals surface area contributed by atoms with E-state index in [4.69, 9.17) is 4.74 Å². The maximum Gasteiger partial charge on any atom is 0.302 e. The van der Waals surface area contributed by atoms with E-state index in [0.717, 1.165) is 38.8 Å². The Kier molecular flexibility index (Phi) is 3.39. The zero-order chi connectivity index (χ0) is 15.5. The van der Waals surface area contributed by atoms with Crippen LogP contribution >= 0.6 is 0 Å². The van der Waals surface area contributed by atoms with Gasteiger partial charge in [0.15, 0.2) is 0 Å². The van der Waals surface area contributed by atoms with E-state index in [1.165, 1.54) is 18.9 Å². The molecule has 4 nitrogen and oxygen atoms in total. The predicted octanol–water partition coefficient (Wildman–Crippen LogP) is 2.12. The molecule has 0 aromatic rings. The Balaban J connectivity index is 1.79. The smallest absolute Gasteiger partial charge is 0.302 e. The summed E-state index contributed by atoms with van der Waals surface area (Å²) in [6.45, 7) is 5.99. The Bertz CT molecular complexity index is 516. The molecule has 4 heteroatoms. The normalized spacial score (nSPS) is 47.4. The summed E-state index contributed by atoms with van der Waals surface area (Å²) in [5.74, 6) is 0.741. The second-order valence-corrected chi connectivity index (χ2v) is 7.77. The summed E-state index contributed by atoms with van der Waals surface area (Å²) >= 11 is 0. The van der Waals surface area contributed by atoms with Crippen molar-refractivity contribution < 1.29 is 14.6 Å². The van der Waals surface area contributed by atoms with E-state index in [2.05, 4.69) is 17.9 Å². The molecule has 0 amide bonds. The highest BCUT2D eigenvalue weighted by molar-refractivity contribution is 5.66. The molecule has 1 saturated heterocycles. The number of esters is 1. The van der Waals surface area contributed by atoms with Crippen molar-refractivity contribution in [1.82, 2.24) is 4.90 Å². The number of nitrogens with zero attached hydrogens (tertiary/aromatic N) is 1. The van der Waals surface area contributed by atoms with Crippen molar-refractivity contribution in [3.8, 4) is 0 Å². The molecule has 0 radical (unpaired) electrons. The molecule has 1 spiro atoms. The molecule has 2 heterocycles. The fraction of sp³-hybridized carbons (Fsp3) is 0.833. The molecule has 0 unspecified atom stereocenters. The van der Waals surface area contributed by atoms with Crippen molar-refractivity contribution in [3.05, 3.63) is 11.6 Å². The molecule has 1 N–H and O–H groups in total. The van der Waals surface area contributed by atoms with Crippen molar-refractivity contribution in [2.24, 2.45) is 17.8 Å². The highest BCUT2D eigenvalue weighted by Gasteiger charge is 2.62. The van der Waals surface area contributed by atoms with Gasteiger partial charge in [0.05, 0.1) is 6.10 Å². The summed E-state index contributed by atoms with van der Waals surface area (Å²) in [5.41, 5.74) is 1.53. The number of carbonyl (C=O) groups is 1. The molecule has 4 aliphatic rings. The molecule has 2 saturated carbocycles. The van der Waals surface area contributed by atoms with E-state index in [9.17, 15) is 9.90 Å². The zero-order valence-electron chi connectivity index (χ0n) is 13.6. The van der Waals surface area contributed by atoms with Crippen molar-refractivity contribution in [2.45, 2.75) is 63.7 Å². The van der Waals surface area contributed by atoms with Crippen molar-refractivity contribution in [2.75, 3.05) is 13.1 Å². The number of carbonyl (C=O) groups excluding carboxylic acids is 1. The fourth-order valence-electron chi connectivity index (χ4n) is 6.07. The number of ether oxygens (including phenoxy) is 1. The van der Waals surface area contributed by atoms with Gasteiger partial charge in [-0.2, -0.15) is 0 Å². The maximum atomic E-state index is 11.5. The van der Waals surface area contributed by atoms with Crippen LogP contribution in [0.5, 0.6) is 0 Å². The number of aliphatic hydroxyl groups is 1. The second kappa shape index (κ2) is 5.07. The minimum atomic E-state index is -0.256. The lowest BCUT2D eigenvalue weighted by atomic mass is 9.51. The minimum Gasteiger partial charge on any atom is -0.462 e. The van der Waals surface area contributed by atoms with Gasteiger partial charge < -0.3 is 9.84 Å². The molecular weight excluding hydrogens is 278 g/mol. The second-order valence-electron chi connectivity index (χ2n) is 7.77. The number of hydrogen-bond acceptors (Lipinski definition) is 4. The lowest BCUT2D eigenvalue weighted by Gasteiger charge is -2.65. The van der Waals surface area contributed by atoms with E-state index in [1.807, 2.05) is 0 Å². The first-order chi connectivity index (χ1) is 10.5. The Hall–Kier alpha value is -0.870. The van der Waals surface area contributed by atoms with Crippen LogP contribution in [0.25, 0.3) is 0 Å². The van der Waals surface area contributed by atoms with Crippen LogP contribution in [-0.4, -0.2) is 46.8 Å². The Morgan fingerprint density at radius 1 is 1.45 bits per heavy atom. The highest BCUT2D eigenvalue weighted by atomic mass is 16.5. The molecule has 4 rings (SSSR count). The molecule has 22 heavy (non-hydrogen) atoms. The topological polar surface area (TPSA) is 49.8 Å². The summed E-state index contributed by atoms with van der Waals surface area (Å²) < 4.78 is 5.70. The highest BCUT2D eigenvalue weighted by Crippen LogP contribution is 2.59. The van der Waals surface area contributed by atoms with Gasteiger partial charge in [-0.25, -0.2) is 0 Å². The number of hydrogen-bond donors (Lipinski definition) is 1. The Morgan fingerprint density at radius 3 is 3.05 bits per heavy atom. The lowest BCUT2D eigenvalue weighted by Crippen LogP contribution is -2.70. The van der Waals surface area contributed by atoms with E-state index in [-0.39, 0.29) is 29.6 Å². The van der Waals surface area contributed by atoms with Crippen LogP contribution in [0.2, 0.25) is 0 Å². The Morgan fingerprint density at radius 2 is 2.27 bits per heavy atom. The third kappa shape index (κ3) is 1.86. The quantitative estimate of drug-likeness (QED) is 0.595. The summed E-state index contributed by atoms with van der Waals surface area (Å²) in [7, 11) is 0. The lowest BCUT2D eigenvalue weighted by molar-refractivity contribution is -0.171. The Labute approximate surface area is 132 Å². The maximum absolute atomic E-state index is 11.5. The van der Waals surface area contributed by atoms with Crippen molar-refractivity contribution in [1.29, 1.82) is 0 Å². The number of aliphatic hydroxyl groups excluding tert-OH is 1. The molecular formula is C18H27NO3. The van der Waals surface area contributed by atoms with Gasteiger partial charge in [0, 0.05) is 30.8 Å².